The molecule has 0 bridgehead atoms. The number of aryl methyl sites for hydroxylation is 1. The van der Waals surface area contributed by atoms with Crippen LogP contribution >= 0.6 is 0 Å². The molecule has 2 aromatic carbocycles. The van der Waals surface area contributed by atoms with Crippen molar-refractivity contribution in [3.05, 3.63) is 88.5 Å². The summed E-state index contributed by atoms with van der Waals surface area (Å²) in [4.78, 5) is 13.2. The molecule has 5 nitrogen and oxygen atoms in total. The fourth-order valence-electron chi connectivity index (χ4n) is 9.63. The summed E-state index contributed by atoms with van der Waals surface area (Å²) in [6.07, 6.45) is 9.52. The molecule has 0 saturated heterocycles. The first-order valence-corrected chi connectivity index (χ1v) is 17.8. The molecule has 6 heteroatoms. The maximum absolute atomic E-state index is 13.0. The summed E-state index contributed by atoms with van der Waals surface area (Å²) in [5.74, 6) is 0.674. The number of benzene rings is 2. The Hall–Kier alpha value is -2.70. The van der Waals surface area contributed by atoms with Crippen molar-refractivity contribution in [2.75, 3.05) is 6.61 Å². The van der Waals surface area contributed by atoms with Gasteiger partial charge < -0.3 is 4.74 Å². The van der Waals surface area contributed by atoms with Crippen molar-refractivity contribution in [1.29, 1.82) is 0 Å². The van der Waals surface area contributed by atoms with E-state index in [2.05, 4.69) is 40.7 Å². The number of ether oxygens (including phenoxy) is 1. The molecule has 6 atom stereocenters. The number of fused-ring (bicyclic) bond motifs is 4. The number of allylic oxidation sites excluding steroid dienone is 4. The van der Waals surface area contributed by atoms with Crippen LogP contribution in [-0.4, -0.2) is 27.1 Å². The number of esters is 1. The van der Waals surface area contributed by atoms with Crippen LogP contribution in [0.2, 0.25) is 0 Å². The Bertz CT molecular complexity index is 1590. The molecule has 1 fully saturated rings. The first kappa shape index (κ1) is 31.3. The predicted octanol–water partition coefficient (Wildman–Crippen LogP) is 8.84. The molecular weight excluding hydrogens is 568 g/mol. The third-order valence-electron chi connectivity index (χ3n) is 12.1. The number of carbonyl (C=O) groups is 1. The molecule has 1 saturated carbocycles. The second-order valence-electron chi connectivity index (χ2n) is 15.0. The van der Waals surface area contributed by atoms with Crippen molar-refractivity contribution in [3.63, 3.8) is 0 Å². The molecule has 4 aliphatic carbocycles. The normalized spacial score (nSPS) is 31.8. The van der Waals surface area contributed by atoms with Gasteiger partial charge >= 0.3 is 5.97 Å². The first-order valence-electron chi connectivity index (χ1n) is 16.4. The summed E-state index contributed by atoms with van der Waals surface area (Å²) in [5.41, 5.74) is 6.32. The van der Waals surface area contributed by atoms with E-state index in [4.69, 9.17) is 8.92 Å². The molecule has 6 rings (SSSR count). The minimum atomic E-state index is -3.79. The zero-order chi connectivity index (χ0) is 31.5. The molecule has 236 valence electrons. The Kier molecular flexibility index (Phi) is 8.02. The Labute approximate surface area is 264 Å². The van der Waals surface area contributed by atoms with Gasteiger partial charge in [0.25, 0.3) is 10.1 Å². The molecule has 4 aliphatic rings. The third kappa shape index (κ3) is 5.20. The van der Waals surface area contributed by atoms with E-state index < -0.39 is 10.1 Å². The lowest BCUT2D eigenvalue weighted by Gasteiger charge is -2.59. The van der Waals surface area contributed by atoms with Crippen molar-refractivity contribution >= 4 is 16.1 Å². The Morgan fingerprint density at radius 2 is 1.64 bits per heavy atom. The van der Waals surface area contributed by atoms with E-state index in [1.807, 2.05) is 37.3 Å². The summed E-state index contributed by atoms with van der Waals surface area (Å²) in [5, 5.41) is 0. The molecule has 0 spiro atoms. The Morgan fingerprint density at radius 3 is 2.34 bits per heavy atom. The number of rotatable bonds is 7. The third-order valence-corrected chi connectivity index (χ3v) is 13.4. The summed E-state index contributed by atoms with van der Waals surface area (Å²) >= 11 is 0. The van der Waals surface area contributed by atoms with Gasteiger partial charge in [-0.3, -0.25) is 4.18 Å². The summed E-state index contributed by atoms with van der Waals surface area (Å²) in [6.45, 7) is 13.8. The van der Waals surface area contributed by atoms with E-state index in [-0.39, 0.29) is 45.7 Å². The van der Waals surface area contributed by atoms with Gasteiger partial charge in [0, 0.05) is 5.41 Å². The van der Waals surface area contributed by atoms with Crippen LogP contribution in [0.3, 0.4) is 0 Å². The van der Waals surface area contributed by atoms with E-state index in [1.165, 1.54) is 5.57 Å². The Balaban J connectivity index is 1.17. The van der Waals surface area contributed by atoms with E-state index in [0.717, 1.165) is 50.5 Å². The minimum Gasteiger partial charge on any atom is -0.458 e. The van der Waals surface area contributed by atoms with Gasteiger partial charge in [0.2, 0.25) is 0 Å². The van der Waals surface area contributed by atoms with Crippen molar-refractivity contribution in [2.45, 2.75) is 97.5 Å². The van der Waals surface area contributed by atoms with Gasteiger partial charge in [-0.1, -0.05) is 82.2 Å². The minimum absolute atomic E-state index is 0.0242. The maximum Gasteiger partial charge on any atom is 0.338 e. The monoisotopic (exact) mass is 616 g/mol. The van der Waals surface area contributed by atoms with E-state index in [1.54, 1.807) is 35.4 Å². The lowest BCUT2D eigenvalue weighted by Crippen LogP contribution is -2.54. The van der Waals surface area contributed by atoms with Gasteiger partial charge in [0.05, 0.1) is 17.1 Å². The highest BCUT2D eigenvalue weighted by Gasteiger charge is 2.58. The van der Waals surface area contributed by atoms with Gasteiger partial charge in [0.15, 0.2) is 0 Å². The topological polar surface area (TPSA) is 69.7 Å². The van der Waals surface area contributed by atoms with Crippen LogP contribution in [0.25, 0.3) is 0 Å². The van der Waals surface area contributed by atoms with Crippen LogP contribution in [0.15, 0.2) is 82.3 Å². The molecule has 44 heavy (non-hydrogen) atoms. The van der Waals surface area contributed by atoms with Gasteiger partial charge in [-0.2, -0.15) is 8.42 Å². The lowest BCUT2D eigenvalue weighted by molar-refractivity contribution is -0.0993. The van der Waals surface area contributed by atoms with Gasteiger partial charge in [-0.25, -0.2) is 4.79 Å². The predicted molar refractivity (Wildman–Crippen MR) is 174 cm³/mol. The highest BCUT2D eigenvalue weighted by Crippen LogP contribution is 2.66. The van der Waals surface area contributed by atoms with Crippen LogP contribution in [0.1, 0.15) is 95.5 Å². The Morgan fingerprint density at radius 1 is 0.932 bits per heavy atom. The SMILES string of the molecule is Cc1ccc(S(=O)(=O)OCC(C)[C@H]2CC=C3C4=C(CC[C@@]32C)[C@@]2(C)CC[C@H](OC(=O)c3ccccc3)C(C)(C)[C@H]2CC4)cc1. The second kappa shape index (κ2) is 11.3. The van der Waals surface area contributed by atoms with Crippen molar-refractivity contribution in [3.8, 4) is 0 Å². The molecule has 0 aromatic heterocycles. The van der Waals surface area contributed by atoms with Gasteiger partial charge in [0.1, 0.15) is 6.10 Å². The molecule has 0 radical (unpaired) electrons. The molecule has 2 aromatic rings. The molecule has 1 unspecified atom stereocenters. The van der Waals surface area contributed by atoms with Crippen molar-refractivity contribution < 1.29 is 22.1 Å². The number of hydrogen-bond donors (Lipinski definition) is 0. The van der Waals surface area contributed by atoms with Crippen molar-refractivity contribution in [2.24, 2.45) is 34.0 Å². The number of carbonyl (C=O) groups excluding carboxylic acids is 1. The van der Waals surface area contributed by atoms with E-state index >= 15 is 0 Å². The molecule has 0 aliphatic heterocycles. The van der Waals surface area contributed by atoms with Crippen LogP contribution in [0.4, 0.5) is 0 Å². The van der Waals surface area contributed by atoms with Crippen LogP contribution < -0.4 is 0 Å². The largest absolute Gasteiger partial charge is 0.458 e. The van der Waals surface area contributed by atoms with Crippen molar-refractivity contribution in [1.82, 2.24) is 0 Å². The first-order chi connectivity index (χ1) is 20.8. The van der Waals surface area contributed by atoms with Gasteiger partial charge in [-0.15, -0.1) is 0 Å². The second-order valence-corrected chi connectivity index (χ2v) is 16.6. The molecule has 0 amide bonds. The fraction of sp³-hybridized carbons (Fsp3) is 0.553. The van der Waals surface area contributed by atoms with Gasteiger partial charge in [-0.05, 0) is 116 Å². The molecule has 0 N–H and O–H groups in total. The zero-order valence-corrected chi connectivity index (χ0v) is 28.0. The maximum atomic E-state index is 13.0. The molecule has 0 heterocycles. The van der Waals surface area contributed by atoms with E-state index in [0.29, 0.717) is 17.4 Å². The van der Waals surface area contributed by atoms with Crippen LogP contribution in [0, 0.1) is 40.9 Å². The standard InChI is InChI=1S/C38H48O5S/c1-25-12-14-28(15-13-25)44(40,41)42-24-26(2)30-17-18-31-29-16-19-33-36(3,4)34(43-35(39)27-10-8-7-9-11-27)21-23-38(33,6)32(29)20-22-37(30,31)5/h7-15,18,26,30,33-34H,16-17,19-24H2,1-6H3/t26?,30-,33-,34+,37-,38-/m1/s1. The van der Waals surface area contributed by atoms with E-state index in [9.17, 15) is 13.2 Å². The average Bonchev–Trinajstić information content (AvgIpc) is 3.35. The molecular formula is C38H48O5S. The highest BCUT2D eigenvalue weighted by atomic mass is 32.2. The summed E-state index contributed by atoms with van der Waals surface area (Å²) < 4.78 is 37.7. The number of hydrogen-bond acceptors (Lipinski definition) is 5. The average molecular weight is 617 g/mol. The quantitative estimate of drug-likeness (QED) is 0.230. The summed E-state index contributed by atoms with van der Waals surface area (Å²) in [6, 6.07) is 16.2. The highest BCUT2D eigenvalue weighted by molar-refractivity contribution is 7.86. The summed E-state index contributed by atoms with van der Waals surface area (Å²) in [7, 11) is -3.79. The van der Waals surface area contributed by atoms with Crippen LogP contribution in [0.5, 0.6) is 0 Å². The van der Waals surface area contributed by atoms with Crippen LogP contribution in [-0.2, 0) is 19.0 Å². The lowest BCUT2D eigenvalue weighted by atomic mass is 9.46. The smallest absolute Gasteiger partial charge is 0.338 e. The zero-order valence-electron chi connectivity index (χ0n) is 27.2. The fourth-order valence-corrected chi connectivity index (χ4v) is 10.6.